The van der Waals surface area contributed by atoms with Crippen molar-refractivity contribution >= 4 is 35.0 Å². The van der Waals surface area contributed by atoms with Gasteiger partial charge in [-0.3, -0.25) is 9.59 Å². The summed E-state index contributed by atoms with van der Waals surface area (Å²) in [5.41, 5.74) is 1.17. The second kappa shape index (κ2) is 9.16. The van der Waals surface area contributed by atoms with Crippen LogP contribution in [0.2, 0.25) is 0 Å². The average Bonchev–Trinajstić information content (AvgIpc) is 2.87. The Bertz CT molecular complexity index is 927. The summed E-state index contributed by atoms with van der Waals surface area (Å²) >= 11 is 6.44. The Balaban J connectivity index is 2.00. The highest BCUT2D eigenvalue weighted by Crippen LogP contribution is 2.05. The molecule has 0 saturated carbocycles. The van der Waals surface area contributed by atoms with Gasteiger partial charge in [0, 0.05) is 36.1 Å². The molecule has 0 aliphatic carbocycles. The van der Waals surface area contributed by atoms with Gasteiger partial charge >= 0.3 is 16.5 Å². The number of nitrogens with one attached hydrogen (secondary N) is 1. The third kappa shape index (κ3) is 5.43. The molecule has 2 aromatic rings. The maximum atomic E-state index is 12.1. The van der Waals surface area contributed by atoms with Gasteiger partial charge in [-0.15, -0.1) is 11.6 Å². The Labute approximate surface area is 157 Å². The number of carboxylic acids is 1. The number of nitrogens with zero attached hydrogens (tertiary/aromatic N) is 2. The van der Waals surface area contributed by atoms with Gasteiger partial charge in [0.15, 0.2) is 0 Å². The van der Waals surface area contributed by atoms with Crippen LogP contribution in [0.4, 0.5) is 0 Å². The molecule has 2 rings (SSSR count). The number of aliphatic carboxylic acids is 1. The van der Waals surface area contributed by atoms with Crippen molar-refractivity contribution in [2.45, 2.75) is 19.6 Å². The Kier molecular flexibility index (Phi) is 6.93. The summed E-state index contributed by atoms with van der Waals surface area (Å²) in [6.07, 6.45) is 1.69. The predicted molar refractivity (Wildman–Crippen MR) is 97.7 cm³/mol. The molecular weight excluding hydrogens is 382 g/mol. The molecule has 0 aliphatic rings. The van der Waals surface area contributed by atoms with E-state index in [1.807, 2.05) is 0 Å². The first-order valence-electron chi connectivity index (χ1n) is 7.54. The Morgan fingerprint density at radius 2 is 1.81 bits per heavy atom. The number of aromatic nitrogens is 2. The zero-order chi connectivity index (χ0) is 19.1. The predicted octanol–water partition coefficient (Wildman–Crippen LogP) is 0.616. The minimum atomic E-state index is -1.20. The van der Waals surface area contributed by atoms with Gasteiger partial charge in [0.05, 0.1) is 13.1 Å². The first-order valence-corrected chi connectivity index (χ1v) is 8.85. The van der Waals surface area contributed by atoms with Gasteiger partial charge in [-0.2, -0.15) is 0 Å². The zero-order valence-electron chi connectivity index (χ0n) is 13.6. The largest absolute Gasteiger partial charge is 0.478 e. The van der Waals surface area contributed by atoms with Crippen LogP contribution in [0.25, 0.3) is 0 Å². The number of carbonyl (C=O) groups excluding carboxylic acids is 1. The van der Waals surface area contributed by atoms with Crippen molar-refractivity contribution < 1.29 is 14.7 Å². The molecule has 26 heavy (non-hydrogen) atoms. The highest BCUT2D eigenvalue weighted by atomic mass is 35.5. The number of hydrogen-bond donors (Lipinski definition) is 2. The van der Waals surface area contributed by atoms with Crippen molar-refractivity contribution in [3.8, 4) is 0 Å². The molecular formula is C16H16ClN3O5S. The molecule has 138 valence electrons. The van der Waals surface area contributed by atoms with Crippen molar-refractivity contribution in [3.63, 3.8) is 0 Å². The van der Waals surface area contributed by atoms with Crippen LogP contribution in [0.15, 0.2) is 46.0 Å². The summed E-state index contributed by atoms with van der Waals surface area (Å²) in [5.74, 6) is -1.46. The van der Waals surface area contributed by atoms with Crippen LogP contribution in [0.3, 0.4) is 0 Å². The van der Waals surface area contributed by atoms with Gasteiger partial charge in [0.1, 0.15) is 0 Å². The Morgan fingerprint density at radius 1 is 1.15 bits per heavy atom. The summed E-state index contributed by atoms with van der Waals surface area (Å²) in [6, 6.07) is 7.02. The normalized spacial score (nSPS) is 11.0. The average molecular weight is 398 g/mol. The fourth-order valence-electron chi connectivity index (χ4n) is 2.09. The molecule has 0 unspecified atom stereocenters. The van der Waals surface area contributed by atoms with E-state index in [0.29, 0.717) is 6.54 Å². The van der Waals surface area contributed by atoms with Crippen LogP contribution in [0.5, 0.6) is 0 Å². The van der Waals surface area contributed by atoms with E-state index < -0.39 is 11.9 Å². The van der Waals surface area contributed by atoms with E-state index >= 15 is 0 Å². The van der Waals surface area contributed by atoms with Crippen LogP contribution in [0.1, 0.15) is 11.1 Å². The molecule has 8 nitrogen and oxygen atoms in total. The molecule has 0 radical (unpaired) electrons. The second-order valence-electron chi connectivity index (χ2n) is 5.22. The quantitative estimate of drug-likeness (QED) is 0.501. The monoisotopic (exact) mass is 397 g/mol. The van der Waals surface area contributed by atoms with Gasteiger partial charge in [0.2, 0.25) is 5.91 Å². The smallest absolute Gasteiger partial charge is 0.341 e. The van der Waals surface area contributed by atoms with Crippen LogP contribution < -0.4 is 15.9 Å². The molecule has 0 aliphatic heterocycles. The topological polar surface area (TPSA) is 110 Å². The SMILES string of the molecule is O=C(O)/C=C\C(=O)NCc1ccc(Cn2c(=O)sn(CCCl)c2=O)cc1. The van der Waals surface area contributed by atoms with Crippen LogP contribution >= 0.6 is 23.1 Å². The van der Waals surface area contributed by atoms with Gasteiger partial charge in [-0.25, -0.2) is 18.1 Å². The highest BCUT2D eigenvalue weighted by molar-refractivity contribution is 7.03. The lowest BCUT2D eigenvalue weighted by Gasteiger charge is -2.05. The molecule has 10 heteroatoms. The highest BCUT2D eigenvalue weighted by Gasteiger charge is 2.10. The summed E-state index contributed by atoms with van der Waals surface area (Å²) in [6.45, 7) is 0.670. The number of alkyl halides is 1. The van der Waals surface area contributed by atoms with E-state index in [9.17, 15) is 19.2 Å². The summed E-state index contributed by atoms with van der Waals surface area (Å²) in [4.78, 5) is 45.4. The zero-order valence-corrected chi connectivity index (χ0v) is 15.1. The molecule has 0 fully saturated rings. The standard InChI is InChI=1S/C16H16ClN3O5S/c17-7-8-20-15(24)19(16(25)26-20)10-12-3-1-11(2-4-12)9-18-13(21)5-6-14(22)23/h1-6H,7-10H2,(H,18,21)(H,22,23)/b6-5-. The summed E-state index contributed by atoms with van der Waals surface area (Å²) in [5, 5.41) is 11.0. The minimum Gasteiger partial charge on any atom is -0.478 e. The first kappa shape index (κ1) is 19.7. The van der Waals surface area contributed by atoms with E-state index in [2.05, 4.69) is 5.32 Å². The molecule has 1 amide bonds. The second-order valence-corrected chi connectivity index (χ2v) is 6.57. The molecule has 0 spiro atoms. The first-order chi connectivity index (χ1) is 12.4. The van der Waals surface area contributed by atoms with Gasteiger partial charge in [-0.05, 0) is 11.1 Å². The molecule has 1 aromatic heterocycles. The molecule has 2 N–H and O–H groups in total. The van der Waals surface area contributed by atoms with Crippen molar-refractivity contribution in [1.82, 2.24) is 13.8 Å². The Morgan fingerprint density at radius 3 is 2.42 bits per heavy atom. The lowest BCUT2D eigenvalue weighted by molar-refractivity contribution is -0.131. The van der Waals surface area contributed by atoms with Gasteiger partial charge in [0.25, 0.3) is 0 Å². The number of benzene rings is 1. The molecule has 1 aromatic carbocycles. The Hall–Kier alpha value is -2.65. The van der Waals surface area contributed by atoms with E-state index in [-0.39, 0.29) is 29.5 Å². The fraction of sp³-hybridized carbons (Fsp3) is 0.250. The summed E-state index contributed by atoms with van der Waals surface area (Å²) < 4.78 is 2.47. The van der Waals surface area contributed by atoms with Crippen molar-refractivity contribution in [3.05, 3.63) is 67.7 Å². The third-order valence-electron chi connectivity index (χ3n) is 3.35. The number of hydrogen-bond acceptors (Lipinski definition) is 5. The number of halogens is 1. The van der Waals surface area contributed by atoms with Gasteiger partial charge < -0.3 is 10.4 Å². The van der Waals surface area contributed by atoms with Gasteiger partial charge in [-0.1, -0.05) is 24.3 Å². The number of carbonyl (C=O) groups is 2. The van der Waals surface area contributed by atoms with E-state index in [1.54, 1.807) is 24.3 Å². The van der Waals surface area contributed by atoms with Crippen molar-refractivity contribution in [2.24, 2.45) is 0 Å². The maximum Gasteiger partial charge on any atom is 0.341 e. The van der Waals surface area contributed by atoms with Crippen molar-refractivity contribution in [1.29, 1.82) is 0 Å². The third-order valence-corrected chi connectivity index (χ3v) is 4.45. The van der Waals surface area contributed by atoms with Crippen LogP contribution in [-0.2, 0) is 29.2 Å². The maximum absolute atomic E-state index is 12.1. The molecule has 1 heterocycles. The molecule has 0 saturated heterocycles. The van der Waals surface area contributed by atoms with Crippen LogP contribution in [0, 0.1) is 0 Å². The summed E-state index contributed by atoms with van der Waals surface area (Å²) in [7, 11) is 0. The van der Waals surface area contributed by atoms with Crippen LogP contribution in [-0.4, -0.2) is 31.4 Å². The van der Waals surface area contributed by atoms with Crippen molar-refractivity contribution in [2.75, 3.05) is 5.88 Å². The van der Waals surface area contributed by atoms with E-state index in [1.165, 1.54) is 3.96 Å². The molecule has 0 bridgehead atoms. The number of aryl methyl sites for hydroxylation is 1. The lowest BCUT2D eigenvalue weighted by Crippen LogP contribution is -2.29. The number of amides is 1. The minimum absolute atomic E-state index is 0.150. The van der Waals surface area contributed by atoms with E-state index in [0.717, 1.165) is 39.4 Å². The molecule has 0 atom stereocenters. The number of rotatable bonds is 8. The van der Waals surface area contributed by atoms with E-state index in [4.69, 9.17) is 16.7 Å². The number of carboxylic acid groups (broad SMARTS) is 1. The fourth-order valence-corrected chi connectivity index (χ4v) is 3.14. The lowest BCUT2D eigenvalue weighted by atomic mass is 10.1.